The first kappa shape index (κ1) is 26.0. The van der Waals surface area contributed by atoms with E-state index in [1.54, 1.807) is 25.3 Å². The highest BCUT2D eigenvalue weighted by Gasteiger charge is 2.31. The first-order valence-corrected chi connectivity index (χ1v) is 12.5. The lowest BCUT2D eigenvalue weighted by Crippen LogP contribution is -2.37. The van der Waals surface area contributed by atoms with Crippen molar-refractivity contribution in [1.82, 2.24) is 14.7 Å². The molecule has 1 unspecified atom stereocenters. The number of rotatable bonds is 11. The van der Waals surface area contributed by atoms with Gasteiger partial charge >= 0.3 is 0 Å². The fourth-order valence-electron chi connectivity index (χ4n) is 4.50. The van der Waals surface area contributed by atoms with Crippen LogP contribution in [0.1, 0.15) is 36.8 Å². The fourth-order valence-corrected chi connectivity index (χ4v) is 4.50. The summed E-state index contributed by atoms with van der Waals surface area (Å²) < 4.78 is 33.0. The number of nitrogens with zero attached hydrogens (tertiary/aromatic N) is 3. The number of benzene rings is 2. The Morgan fingerprint density at radius 2 is 1.92 bits per heavy atom. The molecule has 1 aromatic heterocycles. The van der Waals surface area contributed by atoms with Crippen LogP contribution in [-0.2, 0) is 13.1 Å². The van der Waals surface area contributed by atoms with Crippen molar-refractivity contribution in [2.45, 2.75) is 51.3 Å². The van der Waals surface area contributed by atoms with E-state index >= 15 is 0 Å². The van der Waals surface area contributed by atoms with Crippen molar-refractivity contribution in [2.75, 3.05) is 33.4 Å². The van der Waals surface area contributed by atoms with Crippen LogP contribution in [0.5, 0.6) is 17.2 Å². The zero-order chi connectivity index (χ0) is 25.4. The maximum absolute atomic E-state index is 13.9. The molecule has 1 aliphatic rings. The molecule has 1 N–H and O–H groups in total. The number of halogens is 1. The van der Waals surface area contributed by atoms with Crippen LogP contribution in [0.4, 0.5) is 4.39 Å². The topological polar surface area (TPSA) is 69.0 Å². The van der Waals surface area contributed by atoms with Crippen molar-refractivity contribution < 1.29 is 23.7 Å². The molecule has 0 radical (unpaired) electrons. The predicted octanol–water partition coefficient (Wildman–Crippen LogP) is 4.60. The van der Waals surface area contributed by atoms with Crippen molar-refractivity contribution in [2.24, 2.45) is 0 Å². The summed E-state index contributed by atoms with van der Waals surface area (Å²) in [6.07, 6.45) is 6.74. The maximum Gasteiger partial charge on any atom is 0.165 e. The number of ether oxygens (including phenoxy) is 3. The average Bonchev–Trinajstić information content (AvgIpc) is 3.20. The fraction of sp³-hybridized carbons (Fsp3) is 0.464. The van der Waals surface area contributed by atoms with Gasteiger partial charge in [-0.1, -0.05) is 18.2 Å². The van der Waals surface area contributed by atoms with E-state index in [0.29, 0.717) is 25.2 Å². The summed E-state index contributed by atoms with van der Waals surface area (Å²) >= 11 is 0. The van der Waals surface area contributed by atoms with Crippen LogP contribution in [0, 0.1) is 12.7 Å². The van der Waals surface area contributed by atoms with E-state index in [4.69, 9.17) is 14.2 Å². The monoisotopic (exact) mass is 497 g/mol. The Balaban J connectivity index is 1.29. The number of aromatic nitrogens is 2. The number of methoxy groups -OCH3 is 1. The second-order valence-corrected chi connectivity index (χ2v) is 9.54. The first-order valence-electron chi connectivity index (χ1n) is 12.5. The molecule has 36 heavy (non-hydrogen) atoms. The second-order valence-electron chi connectivity index (χ2n) is 9.54. The minimum Gasteiger partial charge on any atom is -0.493 e. The Morgan fingerprint density at radius 3 is 2.69 bits per heavy atom. The van der Waals surface area contributed by atoms with Gasteiger partial charge in [0.2, 0.25) is 0 Å². The lowest BCUT2D eigenvalue weighted by Gasteiger charge is -2.27. The standard InChI is InChI=1S/C28H36FN3O4/c1-22-18-30-32(19-22)14-6-16-35-27-17-23(9-10-26(27)34-2)20-31-13-5-11-28(33,12-15-31)21-36-25-8-4-3-7-24(25)29/h3-4,7-10,17-19,33H,5-6,11-16,20-21H2,1-2H3. The van der Waals surface area contributed by atoms with Gasteiger partial charge < -0.3 is 19.3 Å². The highest BCUT2D eigenvalue weighted by atomic mass is 19.1. The number of hydrogen-bond donors (Lipinski definition) is 1. The third-order valence-electron chi connectivity index (χ3n) is 6.53. The minimum atomic E-state index is -0.974. The Morgan fingerprint density at radius 1 is 1.06 bits per heavy atom. The molecule has 4 rings (SSSR count). The first-order chi connectivity index (χ1) is 17.4. The molecule has 2 heterocycles. The van der Waals surface area contributed by atoms with Crippen LogP contribution < -0.4 is 14.2 Å². The summed E-state index contributed by atoms with van der Waals surface area (Å²) in [5, 5.41) is 15.4. The van der Waals surface area contributed by atoms with Crippen LogP contribution in [0.25, 0.3) is 0 Å². The minimum absolute atomic E-state index is 0.0837. The Kier molecular flexibility index (Phi) is 8.83. The summed E-state index contributed by atoms with van der Waals surface area (Å²) in [5.41, 5.74) is 1.30. The predicted molar refractivity (Wildman–Crippen MR) is 136 cm³/mol. The molecule has 0 spiro atoms. The van der Waals surface area contributed by atoms with Gasteiger partial charge in [-0.15, -0.1) is 0 Å². The third-order valence-corrected chi connectivity index (χ3v) is 6.53. The summed E-state index contributed by atoms with van der Waals surface area (Å²) in [4.78, 5) is 2.33. The summed E-state index contributed by atoms with van der Waals surface area (Å²) in [6, 6.07) is 12.3. The second kappa shape index (κ2) is 12.2. The highest BCUT2D eigenvalue weighted by molar-refractivity contribution is 5.43. The zero-order valence-corrected chi connectivity index (χ0v) is 21.2. The summed E-state index contributed by atoms with van der Waals surface area (Å²) in [5.74, 6) is 1.21. The van der Waals surface area contributed by atoms with E-state index in [1.807, 2.05) is 36.1 Å². The van der Waals surface area contributed by atoms with E-state index in [2.05, 4.69) is 16.1 Å². The van der Waals surface area contributed by atoms with Gasteiger partial charge in [0.25, 0.3) is 0 Å². The molecular formula is C28H36FN3O4. The number of hydrogen-bond acceptors (Lipinski definition) is 6. The molecule has 194 valence electrons. The normalized spacial score (nSPS) is 18.6. The number of aliphatic hydroxyl groups is 1. The van der Waals surface area contributed by atoms with Crippen molar-refractivity contribution in [3.05, 3.63) is 71.8 Å². The van der Waals surface area contributed by atoms with E-state index in [-0.39, 0.29) is 12.4 Å². The molecule has 3 aromatic rings. The lowest BCUT2D eigenvalue weighted by molar-refractivity contribution is -0.0177. The number of para-hydroxylation sites is 1. The molecular weight excluding hydrogens is 461 g/mol. The van der Waals surface area contributed by atoms with Crippen LogP contribution in [-0.4, -0.2) is 58.8 Å². The number of aryl methyl sites for hydroxylation is 2. The molecule has 0 saturated carbocycles. The quantitative estimate of drug-likeness (QED) is 0.391. The molecule has 8 heteroatoms. The van der Waals surface area contributed by atoms with Gasteiger partial charge in [0, 0.05) is 32.3 Å². The summed E-state index contributed by atoms with van der Waals surface area (Å²) in [6.45, 7) is 5.82. The van der Waals surface area contributed by atoms with Crippen LogP contribution >= 0.6 is 0 Å². The average molecular weight is 498 g/mol. The van der Waals surface area contributed by atoms with Crippen molar-refractivity contribution in [3.8, 4) is 17.2 Å². The molecule has 0 aliphatic carbocycles. The van der Waals surface area contributed by atoms with Crippen molar-refractivity contribution in [3.63, 3.8) is 0 Å². The van der Waals surface area contributed by atoms with E-state index in [0.717, 1.165) is 55.9 Å². The van der Waals surface area contributed by atoms with E-state index < -0.39 is 11.4 Å². The van der Waals surface area contributed by atoms with Crippen LogP contribution in [0.2, 0.25) is 0 Å². The van der Waals surface area contributed by atoms with Crippen molar-refractivity contribution in [1.29, 1.82) is 0 Å². The molecule has 2 aromatic carbocycles. The van der Waals surface area contributed by atoms with Gasteiger partial charge in [-0.2, -0.15) is 5.10 Å². The Hall–Kier alpha value is -3.10. The highest BCUT2D eigenvalue weighted by Crippen LogP contribution is 2.30. The molecule has 1 saturated heterocycles. The molecule has 0 bridgehead atoms. The maximum atomic E-state index is 13.9. The van der Waals surface area contributed by atoms with Crippen molar-refractivity contribution >= 4 is 0 Å². The summed E-state index contributed by atoms with van der Waals surface area (Å²) in [7, 11) is 1.65. The van der Waals surface area contributed by atoms with E-state index in [9.17, 15) is 9.50 Å². The molecule has 0 amide bonds. The smallest absolute Gasteiger partial charge is 0.165 e. The molecule has 7 nitrogen and oxygen atoms in total. The Labute approximate surface area is 212 Å². The van der Waals surface area contributed by atoms with Gasteiger partial charge in [-0.25, -0.2) is 4.39 Å². The molecule has 1 atom stereocenters. The van der Waals surface area contributed by atoms with Gasteiger partial charge in [-0.3, -0.25) is 9.58 Å². The van der Waals surface area contributed by atoms with Crippen LogP contribution in [0.15, 0.2) is 54.9 Å². The largest absolute Gasteiger partial charge is 0.493 e. The van der Waals surface area contributed by atoms with Crippen LogP contribution in [0.3, 0.4) is 0 Å². The SMILES string of the molecule is COc1ccc(CN2CCCC(O)(COc3ccccc3F)CC2)cc1OCCCn1cc(C)cn1. The van der Waals surface area contributed by atoms with Gasteiger partial charge in [0.05, 0.1) is 25.5 Å². The lowest BCUT2D eigenvalue weighted by atomic mass is 9.96. The van der Waals surface area contributed by atoms with Gasteiger partial charge in [-0.05, 0) is 68.1 Å². The van der Waals surface area contributed by atoms with Gasteiger partial charge in [0.1, 0.15) is 6.61 Å². The number of likely N-dealkylation sites (tertiary alicyclic amines) is 1. The molecule has 1 aliphatic heterocycles. The van der Waals surface area contributed by atoms with E-state index in [1.165, 1.54) is 6.07 Å². The molecule has 1 fully saturated rings. The van der Waals surface area contributed by atoms with Gasteiger partial charge in [0.15, 0.2) is 23.1 Å². The third kappa shape index (κ3) is 7.21. The zero-order valence-electron chi connectivity index (χ0n) is 21.2. The Bertz CT molecular complexity index is 1120.